The Hall–Kier alpha value is -3.20. The molecular weight excluding hydrogens is 358 g/mol. The van der Waals surface area contributed by atoms with Gasteiger partial charge in [-0.05, 0) is 37.6 Å². The second-order valence-electron chi connectivity index (χ2n) is 5.43. The number of aryl methyl sites for hydroxylation is 1. The minimum atomic E-state index is -0.579. The molecule has 0 saturated heterocycles. The van der Waals surface area contributed by atoms with E-state index in [4.69, 9.17) is 10.5 Å². The lowest BCUT2D eigenvalue weighted by Crippen LogP contribution is -2.19. The van der Waals surface area contributed by atoms with Crippen LogP contribution in [0.4, 0.5) is 5.82 Å². The minimum Gasteiger partial charge on any atom is -0.504 e. The average molecular weight is 373 g/mol. The second-order valence-corrected chi connectivity index (χ2v) is 6.61. The maximum atomic E-state index is 12.4. The van der Waals surface area contributed by atoms with Gasteiger partial charge in [0.15, 0.2) is 10.7 Å². The van der Waals surface area contributed by atoms with Crippen LogP contribution in [0.25, 0.3) is 11.0 Å². The number of nitrogen functional groups attached to an aromatic ring is 1. The first-order valence-corrected chi connectivity index (χ1v) is 8.48. The van der Waals surface area contributed by atoms with Gasteiger partial charge in [0.05, 0.1) is 12.2 Å². The third-order valence-electron chi connectivity index (χ3n) is 3.70. The van der Waals surface area contributed by atoms with Crippen molar-refractivity contribution in [3.8, 4) is 0 Å². The third-order valence-corrected chi connectivity index (χ3v) is 4.66. The van der Waals surface area contributed by atoms with Gasteiger partial charge in [0, 0.05) is 4.88 Å². The summed E-state index contributed by atoms with van der Waals surface area (Å²) >= 11 is 1.16. The predicted octanol–water partition coefficient (Wildman–Crippen LogP) is 1.79. The van der Waals surface area contributed by atoms with Crippen molar-refractivity contribution in [2.45, 2.75) is 13.8 Å². The van der Waals surface area contributed by atoms with Gasteiger partial charge in [-0.2, -0.15) is 4.98 Å². The highest BCUT2D eigenvalue weighted by molar-refractivity contribution is 7.17. The Kier molecular flexibility index (Phi) is 4.47. The maximum Gasteiger partial charge on any atom is 0.356 e. The summed E-state index contributed by atoms with van der Waals surface area (Å²) in [5, 5.41) is 9.55. The van der Waals surface area contributed by atoms with Crippen LogP contribution in [0, 0.1) is 6.92 Å². The zero-order valence-corrected chi connectivity index (χ0v) is 14.8. The summed E-state index contributed by atoms with van der Waals surface area (Å²) in [4.78, 5) is 40.8. The second kappa shape index (κ2) is 6.60. The lowest BCUT2D eigenvalue weighted by molar-refractivity contribution is -0.113. The van der Waals surface area contributed by atoms with Crippen molar-refractivity contribution in [3.63, 3.8) is 0 Å². The molecule has 0 bridgehead atoms. The number of rotatable bonds is 3. The molecule has 134 valence electrons. The van der Waals surface area contributed by atoms with Gasteiger partial charge in [0.1, 0.15) is 11.5 Å². The molecule has 0 amide bonds. The van der Waals surface area contributed by atoms with Crippen molar-refractivity contribution in [2.24, 2.45) is 0 Å². The van der Waals surface area contributed by atoms with Crippen LogP contribution in [0.1, 0.15) is 27.9 Å². The summed E-state index contributed by atoms with van der Waals surface area (Å²) in [6.45, 7) is 3.60. The van der Waals surface area contributed by atoms with Gasteiger partial charge < -0.3 is 15.6 Å². The standard InChI is InChI=1S/C17H15N3O5S/c1-3-25-16(24)13-8(2)26-17-19-15(23)10(14(18)20(13)17)6-9-4-5-11(21)12(22)7-9/h4-7,22H,3,18H2,1-2H3. The van der Waals surface area contributed by atoms with Gasteiger partial charge >= 0.3 is 5.97 Å². The van der Waals surface area contributed by atoms with Gasteiger partial charge in [-0.1, -0.05) is 6.08 Å². The Bertz CT molecular complexity index is 1090. The zero-order valence-electron chi connectivity index (χ0n) is 14.0. The Morgan fingerprint density at radius 2 is 2.15 bits per heavy atom. The van der Waals surface area contributed by atoms with Crippen LogP contribution >= 0.6 is 11.3 Å². The first kappa shape index (κ1) is 17.6. The lowest BCUT2D eigenvalue weighted by atomic mass is 10.1. The Labute approximate surface area is 151 Å². The Morgan fingerprint density at radius 3 is 2.81 bits per heavy atom. The maximum absolute atomic E-state index is 12.4. The molecule has 1 aliphatic rings. The molecule has 26 heavy (non-hydrogen) atoms. The van der Waals surface area contributed by atoms with Crippen molar-refractivity contribution in [1.29, 1.82) is 0 Å². The number of hydrogen-bond acceptors (Lipinski definition) is 8. The number of allylic oxidation sites excluding steroid dienone is 4. The number of nitrogens with two attached hydrogens (primary N) is 1. The number of esters is 1. The Balaban J connectivity index is 2.24. The molecule has 3 rings (SSSR count). The van der Waals surface area contributed by atoms with Gasteiger partial charge in [0.2, 0.25) is 5.78 Å². The summed E-state index contributed by atoms with van der Waals surface area (Å²) in [5.74, 6) is -1.51. The highest BCUT2D eigenvalue weighted by Crippen LogP contribution is 2.26. The number of hydrogen-bond donors (Lipinski definition) is 2. The molecule has 2 aromatic heterocycles. The fourth-order valence-electron chi connectivity index (χ4n) is 2.52. The number of carbonyl (C=O) groups excluding carboxylic acids is 2. The van der Waals surface area contributed by atoms with E-state index in [1.165, 1.54) is 28.7 Å². The van der Waals surface area contributed by atoms with Gasteiger partial charge in [0.25, 0.3) is 5.56 Å². The quantitative estimate of drug-likeness (QED) is 0.786. The van der Waals surface area contributed by atoms with E-state index in [0.29, 0.717) is 10.5 Å². The van der Waals surface area contributed by atoms with Crippen LogP contribution in [0.15, 0.2) is 34.4 Å². The lowest BCUT2D eigenvalue weighted by Gasteiger charge is -2.09. The van der Waals surface area contributed by atoms with E-state index in [1.807, 2.05) is 0 Å². The largest absolute Gasteiger partial charge is 0.504 e. The monoisotopic (exact) mass is 373 g/mol. The molecule has 8 nitrogen and oxygen atoms in total. The number of ketones is 1. The van der Waals surface area contributed by atoms with E-state index in [2.05, 4.69) is 4.98 Å². The smallest absolute Gasteiger partial charge is 0.356 e. The van der Waals surface area contributed by atoms with Crippen molar-refractivity contribution >= 4 is 39.9 Å². The van der Waals surface area contributed by atoms with E-state index >= 15 is 0 Å². The molecule has 0 aliphatic heterocycles. The zero-order chi connectivity index (χ0) is 19.0. The van der Waals surface area contributed by atoms with Gasteiger partial charge in [-0.3, -0.25) is 14.0 Å². The summed E-state index contributed by atoms with van der Waals surface area (Å²) < 4.78 is 6.44. The van der Waals surface area contributed by atoms with Crippen LogP contribution in [-0.4, -0.2) is 32.9 Å². The number of nitrogens with zero attached hydrogens (tertiary/aromatic N) is 2. The van der Waals surface area contributed by atoms with Crippen LogP contribution in [0.2, 0.25) is 0 Å². The number of thiazole rings is 1. The normalized spacial score (nSPS) is 15.5. The number of fused-ring (bicyclic) bond motifs is 1. The van der Waals surface area contributed by atoms with Crippen LogP contribution < -0.4 is 11.3 Å². The van der Waals surface area contributed by atoms with Crippen LogP contribution in [-0.2, 0) is 9.53 Å². The van der Waals surface area contributed by atoms with Crippen molar-refractivity contribution in [1.82, 2.24) is 9.38 Å². The molecule has 1 aliphatic carbocycles. The summed E-state index contributed by atoms with van der Waals surface area (Å²) in [6.07, 6.45) is 5.25. The highest BCUT2D eigenvalue weighted by Gasteiger charge is 2.22. The molecule has 0 fully saturated rings. The highest BCUT2D eigenvalue weighted by atomic mass is 32.1. The molecule has 0 spiro atoms. The third kappa shape index (κ3) is 2.93. The fraction of sp³-hybridized carbons (Fsp3) is 0.176. The Morgan fingerprint density at radius 1 is 1.42 bits per heavy atom. The van der Waals surface area contributed by atoms with E-state index in [9.17, 15) is 19.5 Å². The van der Waals surface area contributed by atoms with E-state index in [-0.39, 0.29) is 28.6 Å². The van der Waals surface area contributed by atoms with E-state index in [1.54, 1.807) is 13.8 Å². The molecule has 3 N–H and O–H groups in total. The summed E-state index contributed by atoms with van der Waals surface area (Å²) in [5.41, 5.74) is 6.23. The van der Waals surface area contributed by atoms with E-state index in [0.717, 1.165) is 11.3 Å². The van der Waals surface area contributed by atoms with Crippen LogP contribution in [0.3, 0.4) is 0 Å². The number of aliphatic hydroxyl groups excluding tert-OH is 1. The van der Waals surface area contributed by atoms with Crippen molar-refractivity contribution < 1.29 is 19.4 Å². The summed E-state index contributed by atoms with van der Waals surface area (Å²) in [6, 6.07) is 0. The number of anilines is 1. The molecule has 0 radical (unpaired) electrons. The SMILES string of the molecule is CCOC(=O)c1c(C)sc2nc(=O)c(C=C3C=CC(=O)C(O)=C3)c(N)n12. The van der Waals surface area contributed by atoms with Crippen molar-refractivity contribution in [2.75, 3.05) is 12.3 Å². The molecule has 9 heteroatoms. The predicted molar refractivity (Wildman–Crippen MR) is 97.3 cm³/mol. The number of ether oxygens (including phenoxy) is 1. The molecule has 0 unspecified atom stereocenters. The summed E-state index contributed by atoms with van der Waals surface area (Å²) in [7, 11) is 0. The molecule has 2 aromatic rings. The molecular formula is C17H15N3O5S. The molecule has 0 atom stereocenters. The number of aliphatic hydroxyl groups is 1. The molecule has 2 heterocycles. The number of carbonyl (C=O) groups is 2. The average Bonchev–Trinajstić information content (AvgIpc) is 2.91. The minimum absolute atomic E-state index is 0.0260. The first-order valence-electron chi connectivity index (χ1n) is 7.67. The van der Waals surface area contributed by atoms with E-state index < -0.39 is 23.1 Å². The topological polar surface area (TPSA) is 124 Å². The molecule has 0 aromatic carbocycles. The number of aromatic nitrogens is 2. The van der Waals surface area contributed by atoms with Gasteiger partial charge in [-0.25, -0.2) is 4.79 Å². The first-order chi connectivity index (χ1) is 12.3. The van der Waals surface area contributed by atoms with Gasteiger partial charge in [-0.15, -0.1) is 11.3 Å². The fourth-order valence-corrected chi connectivity index (χ4v) is 3.47. The van der Waals surface area contributed by atoms with Crippen LogP contribution in [0.5, 0.6) is 0 Å². The van der Waals surface area contributed by atoms with Crippen molar-refractivity contribution in [3.05, 3.63) is 56.0 Å². The molecule has 0 saturated carbocycles.